The number of likely N-dealkylation sites (tertiary alicyclic amines) is 1. The highest BCUT2D eigenvalue weighted by atomic mass is 15.3. The lowest BCUT2D eigenvalue weighted by Gasteiger charge is -2.45. The summed E-state index contributed by atoms with van der Waals surface area (Å²) in [4.78, 5) is 12.2. The van der Waals surface area contributed by atoms with Gasteiger partial charge in [0.25, 0.3) is 0 Å². The third-order valence-electron chi connectivity index (χ3n) is 8.84. The van der Waals surface area contributed by atoms with E-state index < -0.39 is 0 Å². The molecule has 3 fully saturated rings. The molecule has 6 heteroatoms. The molecule has 1 saturated heterocycles. The number of aromatic nitrogens is 4. The Bertz CT molecular complexity index is 1100. The zero-order valence-electron chi connectivity index (χ0n) is 20.5. The van der Waals surface area contributed by atoms with Gasteiger partial charge in [0, 0.05) is 48.2 Å². The van der Waals surface area contributed by atoms with Crippen molar-refractivity contribution in [1.29, 1.82) is 0 Å². The molecule has 3 aromatic heterocycles. The van der Waals surface area contributed by atoms with Crippen LogP contribution in [0.3, 0.4) is 0 Å². The first-order valence-corrected chi connectivity index (χ1v) is 13.5. The SMILES string of the molecule is Cc1cnn2c(NCc3cccnc3)cc(C3CCN(C4CCC5CCCCC5C4)CC3)nc12. The van der Waals surface area contributed by atoms with Crippen LogP contribution in [0.15, 0.2) is 36.8 Å². The number of nitrogens with one attached hydrogen (secondary N) is 1. The second-order valence-corrected chi connectivity index (χ2v) is 10.9. The van der Waals surface area contributed by atoms with Gasteiger partial charge in [-0.25, -0.2) is 4.98 Å². The van der Waals surface area contributed by atoms with Gasteiger partial charge in [-0.05, 0) is 75.6 Å². The Hall–Kier alpha value is -2.47. The molecule has 3 aromatic rings. The number of piperidine rings is 1. The van der Waals surface area contributed by atoms with E-state index in [1.807, 2.05) is 29.2 Å². The maximum absolute atomic E-state index is 5.10. The van der Waals surface area contributed by atoms with Crippen molar-refractivity contribution >= 4 is 11.5 Å². The van der Waals surface area contributed by atoms with E-state index in [9.17, 15) is 0 Å². The van der Waals surface area contributed by atoms with Gasteiger partial charge in [0.05, 0.1) is 6.20 Å². The van der Waals surface area contributed by atoms with Gasteiger partial charge >= 0.3 is 0 Å². The van der Waals surface area contributed by atoms with Crippen molar-refractivity contribution in [3.8, 4) is 0 Å². The first-order chi connectivity index (χ1) is 16.7. The summed E-state index contributed by atoms with van der Waals surface area (Å²) in [6.07, 6.45) is 18.4. The fourth-order valence-electron chi connectivity index (χ4n) is 6.86. The maximum atomic E-state index is 5.10. The maximum Gasteiger partial charge on any atom is 0.160 e. The van der Waals surface area contributed by atoms with Crippen molar-refractivity contribution in [2.24, 2.45) is 11.8 Å². The van der Waals surface area contributed by atoms with Crippen LogP contribution in [0.2, 0.25) is 0 Å². The van der Waals surface area contributed by atoms with Gasteiger partial charge in [-0.1, -0.05) is 31.7 Å². The van der Waals surface area contributed by atoms with Crippen LogP contribution in [0.1, 0.15) is 80.5 Å². The Morgan fingerprint density at radius 3 is 2.68 bits per heavy atom. The number of nitrogens with zero attached hydrogens (tertiary/aromatic N) is 5. The van der Waals surface area contributed by atoms with E-state index in [1.54, 1.807) is 0 Å². The predicted molar refractivity (Wildman–Crippen MR) is 136 cm³/mol. The molecular formula is C28H38N6. The van der Waals surface area contributed by atoms with Crippen molar-refractivity contribution < 1.29 is 0 Å². The van der Waals surface area contributed by atoms with Gasteiger partial charge < -0.3 is 10.2 Å². The number of pyridine rings is 1. The number of aryl methyl sites for hydroxylation is 1. The third kappa shape index (κ3) is 4.45. The molecule has 6 nitrogen and oxygen atoms in total. The number of hydrogen-bond acceptors (Lipinski definition) is 5. The lowest BCUT2D eigenvalue weighted by molar-refractivity contribution is 0.0587. The summed E-state index contributed by atoms with van der Waals surface area (Å²) in [6.45, 7) is 5.27. The number of anilines is 1. The van der Waals surface area contributed by atoms with Gasteiger partial charge in [-0.15, -0.1) is 0 Å². The Labute approximate surface area is 203 Å². The minimum atomic E-state index is 0.528. The molecule has 6 rings (SSSR count). The molecule has 2 saturated carbocycles. The van der Waals surface area contributed by atoms with Gasteiger partial charge in [0.15, 0.2) is 5.65 Å². The molecule has 3 atom stereocenters. The predicted octanol–water partition coefficient (Wildman–Crippen LogP) is 5.58. The van der Waals surface area contributed by atoms with E-state index in [1.165, 1.54) is 82.1 Å². The monoisotopic (exact) mass is 458 g/mol. The third-order valence-corrected chi connectivity index (χ3v) is 8.84. The highest BCUT2D eigenvalue weighted by Gasteiger charge is 2.36. The Morgan fingerprint density at radius 1 is 1.00 bits per heavy atom. The fourth-order valence-corrected chi connectivity index (χ4v) is 6.86. The second-order valence-electron chi connectivity index (χ2n) is 10.9. The molecule has 1 N–H and O–H groups in total. The first-order valence-electron chi connectivity index (χ1n) is 13.5. The lowest BCUT2D eigenvalue weighted by atomic mass is 9.69. The van der Waals surface area contributed by atoms with Gasteiger partial charge in [0.2, 0.25) is 0 Å². The molecule has 2 aliphatic carbocycles. The summed E-state index contributed by atoms with van der Waals surface area (Å²) in [5.41, 5.74) is 4.50. The quantitative estimate of drug-likeness (QED) is 0.541. The fraction of sp³-hybridized carbons (Fsp3) is 0.607. The number of hydrogen-bond donors (Lipinski definition) is 1. The summed E-state index contributed by atoms with van der Waals surface area (Å²) in [6, 6.07) is 7.15. The van der Waals surface area contributed by atoms with Gasteiger partial charge in [0.1, 0.15) is 5.82 Å². The molecule has 34 heavy (non-hydrogen) atoms. The highest BCUT2D eigenvalue weighted by molar-refractivity contribution is 5.54. The summed E-state index contributed by atoms with van der Waals surface area (Å²) >= 11 is 0. The number of rotatable bonds is 5. The van der Waals surface area contributed by atoms with Crippen molar-refractivity contribution in [3.63, 3.8) is 0 Å². The molecule has 0 spiro atoms. The van der Waals surface area contributed by atoms with Crippen LogP contribution in [0.5, 0.6) is 0 Å². The van der Waals surface area contributed by atoms with E-state index >= 15 is 0 Å². The largest absolute Gasteiger partial charge is 0.366 e. The Morgan fingerprint density at radius 2 is 1.85 bits per heavy atom. The summed E-state index contributed by atoms with van der Waals surface area (Å²) in [5, 5.41) is 8.18. The van der Waals surface area contributed by atoms with E-state index in [0.717, 1.165) is 41.5 Å². The van der Waals surface area contributed by atoms with E-state index in [2.05, 4.69) is 39.4 Å². The average molecular weight is 459 g/mol. The molecule has 1 aliphatic heterocycles. The Kier molecular flexibility index (Phi) is 6.25. The highest BCUT2D eigenvalue weighted by Crippen LogP contribution is 2.42. The topological polar surface area (TPSA) is 58.4 Å². The zero-order valence-corrected chi connectivity index (χ0v) is 20.5. The molecule has 0 bridgehead atoms. The minimum Gasteiger partial charge on any atom is -0.366 e. The smallest absolute Gasteiger partial charge is 0.160 e. The summed E-state index contributed by atoms with van der Waals surface area (Å²) < 4.78 is 1.95. The molecule has 0 amide bonds. The normalized spacial score (nSPS) is 26.4. The van der Waals surface area contributed by atoms with Crippen LogP contribution in [-0.2, 0) is 6.54 Å². The van der Waals surface area contributed by atoms with Crippen molar-refractivity contribution in [3.05, 3.63) is 53.6 Å². The van der Waals surface area contributed by atoms with Crippen LogP contribution in [0, 0.1) is 18.8 Å². The van der Waals surface area contributed by atoms with Crippen LogP contribution in [-0.4, -0.2) is 43.6 Å². The molecule has 0 aromatic carbocycles. The van der Waals surface area contributed by atoms with Crippen molar-refractivity contribution in [2.75, 3.05) is 18.4 Å². The zero-order chi connectivity index (χ0) is 22.9. The molecule has 0 radical (unpaired) electrons. The second kappa shape index (κ2) is 9.65. The lowest BCUT2D eigenvalue weighted by Crippen LogP contribution is -2.45. The van der Waals surface area contributed by atoms with E-state index in [4.69, 9.17) is 4.98 Å². The van der Waals surface area contributed by atoms with Crippen LogP contribution in [0.4, 0.5) is 5.82 Å². The van der Waals surface area contributed by atoms with E-state index in [-0.39, 0.29) is 0 Å². The standard InChI is InChI=1S/C28H38N6/c1-20-17-31-34-27(30-19-21-5-4-12-29-18-21)16-26(32-28(20)34)23-10-13-33(14-11-23)25-9-8-22-6-2-3-7-24(22)15-25/h4-5,12,16-18,22-25,30H,2-3,6-11,13-15,19H2,1H3. The first kappa shape index (κ1) is 22.0. The summed E-state index contributed by atoms with van der Waals surface area (Å²) in [5.74, 6) is 3.60. The molecular weight excluding hydrogens is 420 g/mol. The van der Waals surface area contributed by atoms with E-state index in [0.29, 0.717) is 5.92 Å². The van der Waals surface area contributed by atoms with Gasteiger partial charge in [-0.2, -0.15) is 9.61 Å². The van der Waals surface area contributed by atoms with Crippen LogP contribution in [0.25, 0.3) is 5.65 Å². The van der Waals surface area contributed by atoms with Crippen LogP contribution >= 0.6 is 0 Å². The average Bonchev–Trinajstić information content (AvgIpc) is 3.28. The Balaban J connectivity index is 1.14. The molecule has 3 unspecified atom stereocenters. The number of fused-ring (bicyclic) bond motifs is 2. The summed E-state index contributed by atoms with van der Waals surface area (Å²) in [7, 11) is 0. The van der Waals surface area contributed by atoms with Crippen molar-refractivity contribution in [1.82, 2.24) is 24.5 Å². The minimum absolute atomic E-state index is 0.528. The van der Waals surface area contributed by atoms with Gasteiger partial charge in [-0.3, -0.25) is 4.98 Å². The molecule has 3 aliphatic rings. The molecule has 4 heterocycles. The van der Waals surface area contributed by atoms with Crippen LogP contribution < -0.4 is 5.32 Å². The molecule has 180 valence electrons. The van der Waals surface area contributed by atoms with Crippen molar-refractivity contribution in [2.45, 2.75) is 83.2 Å².